The molecule has 1 aromatic rings. The third-order valence-electron chi connectivity index (χ3n) is 2.35. The van der Waals surface area contributed by atoms with Crippen LogP contribution < -0.4 is 10.5 Å². The Labute approximate surface area is 96.8 Å². The molecular weight excluding hydrogens is 200 g/mol. The number of unbranched alkanes of at least 4 members (excludes halogenated alkanes) is 1. The number of benzene rings is 1. The van der Waals surface area contributed by atoms with E-state index in [1.165, 1.54) is 5.56 Å². The first-order valence-corrected chi connectivity index (χ1v) is 5.51. The summed E-state index contributed by atoms with van der Waals surface area (Å²) >= 11 is 0. The minimum absolute atomic E-state index is 0.0362. The van der Waals surface area contributed by atoms with E-state index in [1.54, 1.807) is 0 Å². The molecule has 0 unspecified atom stereocenters. The van der Waals surface area contributed by atoms with Gasteiger partial charge in [0.05, 0.1) is 12.7 Å². The van der Waals surface area contributed by atoms with Gasteiger partial charge in [0.1, 0.15) is 5.75 Å². The smallest absolute Gasteiger partial charge is 0.124 e. The maximum atomic E-state index is 8.42. The second-order valence-corrected chi connectivity index (χ2v) is 3.94. The van der Waals surface area contributed by atoms with Crippen molar-refractivity contribution in [1.82, 2.24) is 0 Å². The molecule has 0 aliphatic rings. The van der Waals surface area contributed by atoms with Crippen LogP contribution in [0.3, 0.4) is 0 Å². The molecule has 2 N–H and O–H groups in total. The Kier molecular flexibility index (Phi) is 4.81. The summed E-state index contributed by atoms with van der Waals surface area (Å²) in [6.07, 6.45) is 1.28. The van der Waals surface area contributed by atoms with E-state index >= 15 is 0 Å². The lowest BCUT2D eigenvalue weighted by molar-refractivity contribution is 0.308. The fourth-order valence-corrected chi connectivity index (χ4v) is 1.49. The van der Waals surface area contributed by atoms with Crippen LogP contribution in [-0.4, -0.2) is 6.61 Å². The van der Waals surface area contributed by atoms with Gasteiger partial charge in [-0.15, -0.1) is 0 Å². The van der Waals surface area contributed by atoms with E-state index in [9.17, 15) is 0 Å². The summed E-state index contributed by atoms with van der Waals surface area (Å²) < 4.78 is 5.62. The van der Waals surface area contributed by atoms with Crippen molar-refractivity contribution < 1.29 is 4.74 Å². The lowest BCUT2D eigenvalue weighted by Gasteiger charge is -2.14. The molecule has 86 valence electrons. The maximum absolute atomic E-state index is 8.42. The largest absolute Gasteiger partial charge is 0.493 e. The number of rotatable bonds is 5. The minimum atomic E-state index is -0.0362. The van der Waals surface area contributed by atoms with Gasteiger partial charge in [-0.05, 0) is 26.3 Å². The Bertz CT molecular complexity index is 380. The van der Waals surface area contributed by atoms with Gasteiger partial charge in [-0.1, -0.05) is 17.7 Å². The molecule has 3 heteroatoms. The number of ether oxygens (including phenoxy) is 1. The molecule has 0 saturated carbocycles. The van der Waals surface area contributed by atoms with E-state index in [0.29, 0.717) is 13.0 Å². The van der Waals surface area contributed by atoms with Crippen LogP contribution in [0.15, 0.2) is 18.2 Å². The highest BCUT2D eigenvalue weighted by molar-refractivity contribution is 5.38. The summed E-state index contributed by atoms with van der Waals surface area (Å²) in [5, 5.41) is 8.42. The van der Waals surface area contributed by atoms with Crippen molar-refractivity contribution in [2.24, 2.45) is 5.73 Å². The molecule has 0 amide bonds. The van der Waals surface area contributed by atoms with Crippen LogP contribution in [0.25, 0.3) is 0 Å². The summed E-state index contributed by atoms with van der Waals surface area (Å²) in [7, 11) is 0. The van der Waals surface area contributed by atoms with Crippen LogP contribution in [-0.2, 0) is 0 Å². The highest BCUT2D eigenvalue weighted by atomic mass is 16.5. The number of aryl methyl sites for hydroxylation is 1. The SMILES string of the molecule is Cc1ccc(OCCCC#N)c([C@H](C)N)c1. The third kappa shape index (κ3) is 3.56. The Morgan fingerprint density at radius 1 is 1.50 bits per heavy atom. The fraction of sp³-hybridized carbons (Fsp3) is 0.462. The normalized spacial score (nSPS) is 11.9. The Morgan fingerprint density at radius 2 is 2.25 bits per heavy atom. The van der Waals surface area contributed by atoms with Crippen molar-refractivity contribution in [2.45, 2.75) is 32.7 Å². The van der Waals surface area contributed by atoms with E-state index < -0.39 is 0 Å². The number of nitrogens with two attached hydrogens (primary N) is 1. The molecule has 0 saturated heterocycles. The summed E-state index contributed by atoms with van der Waals surface area (Å²) in [6, 6.07) is 8.06. The van der Waals surface area contributed by atoms with E-state index in [1.807, 2.05) is 32.0 Å². The summed E-state index contributed by atoms with van der Waals surface area (Å²) in [6.45, 7) is 4.54. The first kappa shape index (κ1) is 12.5. The summed E-state index contributed by atoms with van der Waals surface area (Å²) in [5.74, 6) is 0.832. The molecule has 0 aromatic heterocycles. The standard InChI is InChI=1S/C13H18N2O/c1-10-5-6-13(12(9-10)11(2)15)16-8-4-3-7-14/h5-6,9,11H,3-4,8,15H2,1-2H3/t11-/m0/s1. The van der Waals surface area contributed by atoms with Gasteiger partial charge in [-0.2, -0.15) is 5.26 Å². The predicted octanol–water partition coefficient (Wildman–Crippen LogP) is 2.70. The molecule has 3 nitrogen and oxygen atoms in total. The topological polar surface area (TPSA) is 59.0 Å². The molecule has 0 aliphatic carbocycles. The number of nitriles is 1. The van der Waals surface area contributed by atoms with Crippen molar-refractivity contribution in [1.29, 1.82) is 5.26 Å². The van der Waals surface area contributed by atoms with Crippen molar-refractivity contribution in [3.8, 4) is 11.8 Å². The fourth-order valence-electron chi connectivity index (χ4n) is 1.49. The lowest BCUT2D eigenvalue weighted by Crippen LogP contribution is -2.09. The second-order valence-electron chi connectivity index (χ2n) is 3.94. The quantitative estimate of drug-likeness (QED) is 0.773. The van der Waals surface area contributed by atoms with Crippen LogP contribution in [0.4, 0.5) is 0 Å². The zero-order valence-corrected chi connectivity index (χ0v) is 9.86. The van der Waals surface area contributed by atoms with Gasteiger partial charge < -0.3 is 10.5 Å². The molecule has 0 fully saturated rings. The first-order chi connectivity index (χ1) is 7.65. The van der Waals surface area contributed by atoms with Crippen molar-refractivity contribution >= 4 is 0 Å². The van der Waals surface area contributed by atoms with Gasteiger partial charge in [-0.25, -0.2) is 0 Å². The Morgan fingerprint density at radius 3 is 2.88 bits per heavy atom. The average molecular weight is 218 g/mol. The van der Waals surface area contributed by atoms with Gasteiger partial charge in [-0.3, -0.25) is 0 Å². The molecule has 1 rings (SSSR count). The Balaban J connectivity index is 2.68. The highest BCUT2D eigenvalue weighted by Gasteiger charge is 2.07. The molecular formula is C13H18N2O. The van der Waals surface area contributed by atoms with E-state index in [4.69, 9.17) is 15.7 Å². The van der Waals surface area contributed by atoms with E-state index in [0.717, 1.165) is 17.7 Å². The van der Waals surface area contributed by atoms with Crippen LogP contribution in [0, 0.1) is 18.3 Å². The van der Waals surface area contributed by atoms with Gasteiger partial charge in [0.2, 0.25) is 0 Å². The molecule has 0 aliphatic heterocycles. The molecule has 1 aromatic carbocycles. The number of nitrogens with zero attached hydrogens (tertiary/aromatic N) is 1. The van der Waals surface area contributed by atoms with Crippen LogP contribution in [0.5, 0.6) is 5.75 Å². The van der Waals surface area contributed by atoms with Crippen molar-refractivity contribution in [3.63, 3.8) is 0 Å². The van der Waals surface area contributed by atoms with Crippen molar-refractivity contribution in [3.05, 3.63) is 29.3 Å². The summed E-state index contributed by atoms with van der Waals surface area (Å²) in [5.41, 5.74) is 8.08. The summed E-state index contributed by atoms with van der Waals surface area (Å²) in [4.78, 5) is 0. The first-order valence-electron chi connectivity index (χ1n) is 5.51. The predicted molar refractivity (Wildman–Crippen MR) is 64.1 cm³/mol. The van der Waals surface area contributed by atoms with Crippen LogP contribution in [0.2, 0.25) is 0 Å². The van der Waals surface area contributed by atoms with Gasteiger partial charge >= 0.3 is 0 Å². The number of hydrogen-bond donors (Lipinski definition) is 1. The average Bonchev–Trinajstić information content (AvgIpc) is 2.26. The highest BCUT2D eigenvalue weighted by Crippen LogP contribution is 2.25. The van der Waals surface area contributed by atoms with Crippen molar-refractivity contribution in [2.75, 3.05) is 6.61 Å². The van der Waals surface area contributed by atoms with Crippen LogP contribution in [0.1, 0.15) is 36.9 Å². The molecule has 0 radical (unpaired) electrons. The van der Waals surface area contributed by atoms with E-state index in [2.05, 4.69) is 6.07 Å². The van der Waals surface area contributed by atoms with E-state index in [-0.39, 0.29) is 6.04 Å². The minimum Gasteiger partial charge on any atom is -0.493 e. The van der Waals surface area contributed by atoms with Gasteiger partial charge in [0, 0.05) is 18.0 Å². The molecule has 1 atom stereocenters. The van der Waals surface area contributed by atoms with Gasteiger partial charge in [0.25, 0.3) is 0 Å². The van der Waals surface area contributed by atoms with Gasteiger partial charge in [0.15, 0.2) is 0 Å². The third-order valence-corrected chi connectivity index (χ3v) is 2.35. The zero-order valence-electron chi connectivity index (χ0n) is 9.86. The lowest BCUT2D eigenvalue weighted by atomic mass is 10.1. The molecule has 0 heterocycles. The Hall–Kier alpha value is -1.53. The molecule has 0 bridgehead atoms. The molecule has 16 heavy (non-hydrogen) atoms. The zero-order chi connectivity index (χ0) is 12.0. The second kappa shape index (κ2) is 6.14. The monoisotopic (exact) mass is 218 g/mol. The number of hydrogen-bond acceptors (Lipinski definition) is 3. The molecule has 0 spiro atoms. The van der Waals surface area contributed by atoms with Crippen LogP contribution >= 0.6 is 0 Å². The maximum Gasteiger partial charge on any atom is 0.124 e.